The summed E-state index contributed by atoms with van der Waals surface area (Å²) in [5.41, 5.74) is 6.28. The lowest BCUT2D eigenvalue weighted by Gasteiger charge is -2.17. The fourth-order valence-electron chi connectivity index (χ4n) is 1.49. The van der Waals surface area contributed by atoms with Crippen molar-refractivity contribution in [1.29, 1.82) is 0 Å². The van der Waals surface area contributed by atoms with Crippen LogP contribution in [-0.2, 0) is 11.3 Å². The third-order valence-corrected chi connectivity index (χ3v) is 2.52. The van der Waals surface area contributed by atoms with E-state index in [2.05, 4.69) is 10.5 Å². The van der Waals surface area contributed by atoms with E-state index in [0.717, 1.165) is 11.5 Å². The number of rotatable bonds is 5. The molecule has 0 aliphatic rings. The van der Waals surface area contributed by atoms with Gasteiger partial charge in [0.1, 0.15) is 11.5 Å². The number of hydrogen-bond acceptors (Lipinski definition) is 4. The van der Waals surface area contributed by atoms with Crippen LogP contribution in [0.2, 0.25) is 0 Å². The zero-order valence-corrected chi connectivity index (χ0v) is 9.99. The highest BCUT2D eigenvalue weighted by atomic mass is 16.5. The van der Waals surface area contributed by atoms with E-state index in [1.807, 2.05) is 20.8 Å². The highest BCUT2D eigenvalue weighted by Gasteiger charge is 2.20. The van der Waals surface area contributed by atoms with E-state index < -0.39 is 0 Å². The normalized spacial score (nSPS) is 12.8. The van der Waals surface area contributed by atoms with Crippen molar-refractivity contribution in [2.75, 3.05) is 6.54 Å². The lowest BCUT2D eigenvalue weighted by atomic mass is 9.95. The maximum absolute atomic E-state index is 11.7. The summed E-state index contributed by atoms with van der Waals surface area (Å²) in [6.45, 7) is 6.53. The number of nitrogens with two attached hydrogens (primary N) is 1. The van der Waals surface area contributed by atoms with E-state index in [-0.39, 0.29) is 17.7 Å². The number of nitrogens with zero attached hydrogens (tertiary/aromatic N) is 1. The van der Waals surface area contributed by atoms with Crippen LogP contribution >= 0.6 is 0 Å². The number of hydrogen-bond donors (Lipinski definition) is 2. The average molecular weight is 225 g/mol. The van der Waals surface area contributed by atoms with Crippen molar-refractivity contribution >= 4 is 5.91 Å². The van der Waals surface area contributed by atoms with Gasteiger partial charge in [0.2, 0.25) is 5.91 Å². The SMILES string of the molecule is Cc1cc(CNC(=O)C(CN)C(C)C)no1. The molecule has 0 bridgehead atoms. The van der Waals surface area contributed by atoms with Crippen LogP contribution in [0.4, 0.5) is 0 Å². The first-order chi connectivity index (χ1) is 7.54. The van der Waals surface area contributed by atoms with Gasteiger partial charge >= 0.3 is 0 Å². The Hall–Kier alpha value is -1.36. The quantitative estimate of drug-likeness (QED) is 0.777. The zero-order chi connectivity index (χ0) is 12.1. The summed E-state index contributed by atoms with van der Waals surface area (Å²) in [7, 11) is 0. The molecule has 0 spiro atoms. The number of carbonyl (C=O) groups is 1. The van der Waals surface area contributed by atoms with E-state index in [4.69, 9.17) is 10.3 Å². The van der Waals surface area contributed by atoms with Crippen LogP contribution in [-0.4, -0.2) is 17.6 Å². The minimum absolute atomic E-state index is 0.0295. The zero-order valence-electron chi connectivity index (χ0n) is 9.99. The summed E-state index contributed by atoms with van der Waals surface area (Å²) >= 11 is 0. The molecule has 0 aliphatic carbocycles. The molecule has 3 N–H and O–H groups in total. The fourth-order valence-corrected chi connectivity index (χ4v) is 1.49. The van der Waals surface area contributed by atoms with Crippen molar-refractivity contribution < 1.29 is 9.32 Å². The topological polar surface area (TPSA) is 81.2 Å². The van der Waals surface area contributed by atoms with E-state index in [1.165, 1.54) is 0 Å². The van der Waals surface area contributed by atoms with E-state index >= 15 is 0 Å². The van der Waals surface area contributed by atoms with E-state index in [0.29, 0.717) is 13.1 Å². The maximum atomic E-state index is 11.7. The Morgan fingerprint density at radius 2 is 2.31 bits per heavy atom. The minimum atomic E-state index is -0.145. The predicted molar refractivity (Wildman–Crippen MR) is 60.5 cm³/mol. The molecule has 0 saturated carbocycles. The average Bonchev–Trinajstić information content (AvgIpc) is 2.62. The summed E-state index contributed by atoms with van der Waals surface area (Å²) < 4.78 is 4.91. The highest BCUT2D eigenvalue weighted by molar-refractivity contribution is 5.79. The Morgan fingerprint density at radius 1 is 1.62 bits per heavy atom. The molecule has 0 saturated heterocycles. The second-order valence-electron chi connectivity index (χ2n) is 4.23. The molecule has 0 aliphatic heterocycles. The molecule has 1 unspecified atom stereocenters. The van der Waals surface area contributed by atoms with Gasteiger partial charge in [-0.3, -0.25) is 4.79 Å². The van der Waals surface area contributed by atoms with Gasteiger partial charge in [0, 0.05) is 12.6 Å². The molecule has 1 atom stereocenters. The molecule has 1 aromatic heterocycles. The Labute approximate surface area is 95.4 Å². The molecular weight excluding hydrogens is 206 g/mol. The lowest BCUT2D eigenvalue weighted by molar-refractivity contribution is -0.126. The van der Waals surface area contributed by atoms with Gasteiger partial charge < -0.3 is 15.6 Å². The Kier molecular flexibility index (Phi) is 4.49. The van der Waals surface area contributed by atoms with Gasteiger partial charge in [-0.2, -0.15) is 0 Å². The Balaban J connectivity index is 2.45. The van der Waals surface area contributed by atoms with E-state index in [9.17, 15) is 4.79 Å². The molecule has 0 aromatic carbocycles. The van der Waals surface area contributed by atoms with Gasteiger partial charge in [-0.1, -0.05) is 19.0 Å². The smallest absolute Gasteiger partial charge is 0.224 e. The predicted octanol–water partition coefficient (Wildman–Crippen LogP) is 0.830. The van der Waals surface area contributed by atoms with Crippen LogP contribution in [0.15, 0.2) is 10.6 Å². The molecule has 1 rings (SSSR count). The summed E-state index contributed by atoms with van der Waals surface area (Å²) in [6, 6.07) is 1.80. The van der Waals surface area contributed by atoms with Crippen LogP contribution in [0.25, 0.3) is 0 Å². The summed E-state index contributed by atoms with van der Waals surface area (Å²) in [4.78, 5) is 11.7. The molecule has 1 aromatic rings. The van der Waals surface area contributed by atoms with Crippen molar-refractivity contribution in [3.05, 3.63) is 17.5 Å². The first kappa shape index (κ1) is 12.7. The van der Waals surface area contributed by atoms with Gasteiger partial charge in [-0.15, -0.1) is 0 Å². The first-order valence-electron chi connectivity index (χ1n) is 5.44. The molecular formula is C11H19N3O2. The van der Waals surface area contributed by atoms with Gasteiger partial charge in [0.05, 0.1) is 12.5 Å². The lowest BCUT2D eigenvalue weighted by Crippen LogP contribution is -2.37. The van der Waals surface area contributed by atoms with Gasteiger partial charge in [0.15, 0.2) is 0 Å². The monoisotopic (exact) mass is 225 g/mol. The summed E-state index contributed by atoms with van der Waals surface area (Å²) in [6.07, 6.45) is 0. The molecule has 16 heavy (non-hydrogen) atoms. The molecule has 0 radical (unpaired) electrons. The molecule has 90 valence electrons. The maximum Gasteiger partial charge on any atom is 0.224 e. The van der Waals surface area contributed by atoms with Crippen LogP contribution in [0, 0.1) is 18.8 Å². The van der Waals surface area contributed by atoms with E-state index in [1.54, 1.807) is 6.07 Å². The summed E-state index contributed by atoms with van der Waals surface area (Å²) in [5, 5.41) is 6.60. The second-order valence-corrected chi connectivity index (χ2v) is 4.23. The van der Waals surface area contributed by atoms with Crippen LogP contribution in [0.3, 0.4) is 0 Å². The summed E-state index contributed by atoms with van der Waals surface area (Å²) in [5.74, 6) is 0.804. The molecule has 5 nitrogen and oxygen atoms in total. The molecule has 5 heteroatoms. The fraction of sp³-hybridized carbons (Fsp3) is 0.636. The second kappa shape index (κ2) is 5.65. The third-order valence-electron chi connectivity index (χ3n) is 2.52. The van der Waals surface area contributed by atoms with Crippen LogP contribution < -0.4 is 11.1 Å². The minimum Gasteiger partial charge on any atom is -0.361 e. The molecule has 1 amide bonds. The van der Waals surface area contributed by atoms with Crippen molar-refractivity contribution in [3.63, 3.8) is 0 Å². The number of aryl methyl sites for hydroxylation is 1. The number of amides is 1. The van der Waals surface area contributed by atoms with Crippen molar-refractivity contribution in [2.45, 2.75) is 27.3 Å². The van der Waals surface area contributed by atoms with Gasteiger partial charge in [-0.05, 0) is 12.8 Å². The highest BCUT2D eigenvalue weighted by Crippen LogP contribution is 2.09. The Morgan fingerprint density at radius 3 is 2.75 bits per heavy atom. The standard InChI is InChI=1S/C11H19N3O2/c1-7(2)10(5-12)11(15)13-6-9-4-8(3)16-14-9/h4,7,10H,5-6,12H2,1-3H3,(H,13,15). The van der Waals surface area contributed by atoms with Crippen molar-refractivity contribution in [2.24, 2.45) is 17.6 Å². The van der Waals surface area contributed by atoms with Crippen LogP contribution in [0.5, 0.6) is 0 Å². The van der Waals surface area contributed by atoms with Crippen molar-refractivity contribution in [1.82, 2.24) is 10.5 Å². The third kappa shape index (κ3) is 3.34. The number of aromatic nitrogens is 1. The van der Waals surface area contributed by atoms with Gasteiger partial charge in [0.25, 0.3) is 0 Å². The molecule has 1 heterocycles. The van der Waals surface area contributed by atoms with Gasteiger partial charge in [-0.25, -0.2) is 0 Å². The van der Waals surface area contributed by atoms with Crippen molar-refractivity contribution in [3.8, 4) is 0 Å². The molecule has 0 fully saturated rings. The number of carbonyl (C=O) groups excluding carboxylic acids is 1. The Bertz CT molecular complexity index is 347. The largest absolute Gasteiger partial charge is 0.361 e. The van der Waals surface area contributed by atoms with Crippen LogP contribution in [0.1, 0.15) is 25.3 Å². The number of nitrogens with one attached hydrogen (secondary N) is 1. The first-order valence-corrected chi connectivity index (χ1v) is 5.44.